The number of nitro groups is 1. The summed E-state index contributed by atoms with van der Waals surface area (Å²) in [6.45, 7) is 5.33. The van der Waals surface area contributed by atoms with E-state index < -0.39 is 20.6 Å². The molecule has 1 rings (SSSR count). The molecule has 0 aliphatic carbocycles. The molecule has 3 N–H and O–H groups in total. The first-order chi connectivity index (χ1) is 9.25. The Labute approximate surface area is 117 Å². The van der Waals surface area contributed by atoms with Crippen LogP contribution >= 0.6 is 0 Å². The lowest BCUT2D eigenvalue weighted by Gasteiger charge is -2.24. The van der Waals surface area contributed by atoms with Crippen molar-refractivity contribution in [2.45, 2.75) is 31.7 Å². The standard InChI is InChI=1S/C11H18N4O4S/c1-4-14(8(2)3)20(18,19)11-6-5-9(13-12)7-10(11)15(16)17/h5-8,13H,4,12H2,1-3H3. The second-order valence-corrected chi connectivity index (χ2v) is 6.25. The topological polar surface area (TPSA) is 119 Å². The summed E-state index contributed by atoms with van der Waals surface area (Å²) in [5.74, 6) is 5.18. The third kappa shape index (κ3) is 3.06. The molecule has 0 saturated carbocycles. The minimum absolute atomic E-state index is 0.230. The number of rotatable bonds is 6. The molecule has 0 heterocycles. The average molecular weight is 302 g/mol. The van der Waals surface area contributed by atoms with Crippen molar-refractivity contribution in [3.8, 4) is 0 Å². The van der Waals surface area contributed by atoms with Crippen LogP contribution in [-0.4, -0.2) is 30.2 Å². The van der Waals surface area contributed by atoms with E-state index in [9.17, 15) is 18.5 Å². The number of nitrogens with two attached hydrogens (primary N) is 1. The molecule has 20 heavy (non-hydrogen) atoms. The maximum Gasteiger partial charge on any atom is 0.291 e. The van der Waals surface area contributed by atoms with Crippen molar-refractivity contribution in [1.82, 2.24) is 4.31 Å². The number of nitro benzene ring substituents is 1. The Kier molecular flexibility index (Phi) is 5.03. The molecule has 0 aromatic heterocycles. The summed E-state index contributed by atoms with van der Waals surface area (Å²) in [5.41, 5.74) is 2.02. The summed E-state index contributed by atoms with van der Waals surface area (Å²) >= 11 is 0. The Balaban J connectivity index is 3.49. The van der Waals surface area contributed by atoms with E-state index in [1.54, 1.807) is 20.8 Å². The Morgan fingerprint density at radius 1 is 1.45 bits per heavy atom. The SMILES string of the molecule is CCN(C(C)C)S(=O)(=O)c1ccc(NN)cc1[N+](=O)[O-]. The molecule has 9 heteroatoms. The van der Waals surface area contributed by atoms with Gasteiger partial charge in [-0.05, 0) is 26.0 Å². The highest BCUT2D eigenvalue weighted by Gasteiger charge is 2.32. The third-order valence-corrected chi connectivity index (χ3v) is 4.99. The van der Waals surface area contributed by atoms with E-state index >= 15 is 0 Å². The molecule has 0 unspecified atom stereocenters. The molecule has 0 aliphatic rings. The van der Waals surface area contributed by atoms with E-state index in [0.717, 1.165) is 6.07 Å². The minimum Gasteiger partial charge on any atom is -0.324 e. The van der Waals surface area contributed by atoms with Gasteiger partial charge in [0, 0.05) is 18.7 Å². The minimum atomic E-state index is -3.93. The predicted octanol–water partition coefficient (Wildman–Crippen LogP) is 1.30. The lowest BCUT2D eigenvalue weighted by molar-refractivity contribution is -0.387. The van der Waals surface area contributed by atoms with Gasteiger partial charge in [-0.3, -0.25) is 16.0 Å². The molecule has 0 amide bonds. The predicted molar refractivity (Wildman–Crippen MR) is 75.6 cm³/mol. The second kappa shape index (κ2) is 6.16. The smallest absolute Gasteiger partial charge is 0.291 e. The van der Waals surface area contributed by atoms with E-state index in [-0.39, 0.29) is 23.2 Å². The van der Waals surface area contributed by atoms with Crippen molar-refractivity contribution in [2.75, 3.05) is 12.0 Å². The highest BCUT2D eigenvalue weighted by Crippen LogP contribution is 2.30. The second-order valence-electron chi connectivity index (χ2n) is 4.39. The molecule has 0 aliphatic heterocycles. The number of nitrogen functional groups attached to an aromatic ring is 1. The van der Waals surface area contributed by atoms with Crippen LogP contribution in [-0.2, 0) is 10.0 Å². The Bertz CT molecular complexity index is 600. The van der Waals surface area contributed by atoms with Gasteiger partial charge < -0.3 is 5.43 Å². The molecule has 1 aromatic rings. The summed E-state index contributed by atoms with van der Waals surface area (Å²) in [4.78, 5) is 10.0. The van der Waals surface area contributed by atoms with E-state index in [0.29, 0.717) is 0 Å². The van der Waals surface area contributed by atoms with Crippen molar-refractivity contribution >= 4 is 21.4 Å². The van der Waals surface area contributed by atoms with Crippen LogP contribution in [0.1, 0.15) is 20.8 Å². The molecular formula is C11H18N4O4S. The Morgan fingerprint density at radius 3 is 2.45 bits per heavy atom. The van der Waals surface area contributed by atoms with Crippen LogP contribution < -0.4 is 11.3 Å². The highest BCUT2D eigenvalue weighted by atomic mass is 32.2. The number of nitrogens with zero attached hydrogens (tertiary/aromatic N) is 2. The molecule has 0 radical (unpaired) electrons. The number of hydrogen-bond donors (Lipinski definition) is 2. The van der Waals surface area contributed by atoms with Gasteiger partial charge in [-0.2, -0.15) is 4.31 Å². The van der Waals surface area contributed by atoms with Gasteiger partial charge in [0.25, 0.3) is 5.69 Å². The van der Waals surface area contributed by atoms with Crippen molar-refractivity contribution < 1.29 is 13.3 Å². The number of sulfonamides is 1. The monoisotopic (exact) mass is 302 g/mol. The number of hydrazine groups is 1. The lowest BCUT2D eigenvalue weighted by Crippen LogP contribution is -2.37. The Hall–Kier alpha value is -1.71. The molecule has 1 aromatic carbocycles. The largest absolute Gasteiger partial charge is 0.324 e. The lowest BCUT2D eigenvalue weighted by atomic mass is 10.3. The van der Waals surface area contributed by atoms with Crippen LogP contribution in [0.2, 0.25) is 0 Å². The normalized spacial score (nSPS) is 11.9. The van der Waals surface area contributed by atoms with Crippen molar-refractivity contribution in [3.63, 3.8) is 0 Å². The summed E-state index contributed by atoms with van der Waals surface area (Å²) in [6, 6.07) is 3.37. The summed E-state index contributed by atoms with van der Waals surface area (Å²) < 4.78 is 26.2. The van der Waals surface area contributed by atoms with Gasteiger partial charge in [-0.25, -0.2) is 8.42 Å². The highest BCUT2D eigenvalue weighted by molar-refractivity contribution is 7.89. The average Bonchev–Trinajstić information content (AvgIpc) is 2.37. The molecular weight excluding hydrogens is 284 g/mol. The third-order valence-electron chi connectivity index (χ3n) is 2.80. The van der Waals surface area contributed by atoms with Gasteiger partial charge in [0.1, 0.15) is 0 Å². The zero-order valence-electron chi connectivity index (χ0n) is 11.5. The molecule has 0 spiro atoms. The van der Waals surface area contributed by atoms with E-state index in [1.165, 1.54) is 16.4 Å². The number of nitrogens with one attached hydrogen (secondary N) is 1. The fourth-order valence-corrected chi connectivity index (χ4v) is 3.69. The van der Waals surface area contributed by atoms with E-state index in [2.05, 4.69) is 5.43 Å². The van der Waals surface area contributed by atoms with E-state index in [4.69, 9.17) is 5.84 Å². The van der Waals surface area contributed by atoms with Gasteiger partial charge in [0.05, 0.1) is 10.6 Å². The molecule has 112 valence electrons. The van der Waals surface area contributed by atoms with Gasteiger partial charge in [0.2, 0.25) is 10.0 Å². The van der Waals surface area contributed by atoms with Crippen LogP contribution in [0.25, 0.3) is 0 Å². The zero-order chi connectivity index (χ0) is 15.5. The van der Waals surface area contributed by atoms with Crippen LogP contribution in [0, 0.1) is 10.1 Å². The van der Waals surface area contributed by atoms with Gasteiger partial charge in [-0.15, -0.1) is 0 Å². The van der Waals surface area contributed by atoms with Crippen LogP contribution in [0.15, 0.2) is 23.1 Å². The first-order valence-corrected chi connectivity index (χ1v) is 7.46. The first-order valence-electron chi connectivity index (χ1n) is 6.02. The van der Waals surface area contributed by atoms with Crippen molar-refractivity contribution in [3.05, 3.63) is 28.3 Å². The molecule has 0 bridgehead atoms. The van der Waals surface area contributed by atoms with Gasteiger partial charge >= 0.3 is 0 Å². The molecule has 0 saturated heterocycles. The molecule has 0 atom stereocenters. The number of anilines is 1. The first kappa shape index (κ1) is 16.3. The fourth-order valence-electron chi connectivity index (χ4n) is 1.91. The molecule has 0 fully saturated rings. The summed E-state index contributed by atoms with van der Waals surface area (Å²) in [6.07, 6.45) is 0. The van der Waals surface area contributed by atoms with E-state index in [1.807, 2.05) is 0 Å². The molecule has 8 nitrogen and oxygen atoms in total. The quantitative estimate of drug-likeness (QED) is 0.464. The maximum absolute atomic E-state index is 12.5. The summed E-state index contributed by atoms with van der Waals surface area (Å²) in [5, 5.41) is 11.1. The zero-order valence-corrected chi connectivity index (χ0v) is 12.3. The Morgan fingerprint density at radius 2 is 2.05 bits per heavy atom. The van der Waals surface area contributed by atoms with Gasteiger partial charge in [0.15, 0.2) is 4.90 Å². The fraction of sp³-hybridized carbons (Fsp3) is 0.455. The van der Waals surface area contributed by atoms with Crippen molar-refractivity contribution in [1.29, 1.82) is 0 Å². The van der Waals surface area contributed by atoms with Crippen LogP contribution in [0.3, 0.4) is 0 Å². The van der Waals surface area contributed by atoms with Crippen molar-refractivity contribution in [2.24, 2.45) is 5.84 Å². The summed E-state index contributed by atoms with van der Waals surface area (Å²) in [7, 11) is -3.93. The number of hydrogen-bond acceptors (Lipinski definition) is 6. The maximum atomic E-state index is 12.5. The van der Waals surface area contributed by atoms with Crippen LogP contribution in [0.4, 0.5) is 11.4 Å². The number of benzene rings is 1. The van der Waals surface area contributed by atoms with Crippen LogP contribution in [0.5, 0.6) is 0 Å². The van der Waals surface area contributed by atoms with Gasteiger partial charge in [-0.1, -0.05) is 6.92 Å².